The lowest BCUT2D eigenvalue weighted by Gasteiger charge is -2.37. The third kappa shape index (κ3) is 8.38. The van der Waals surface area contributed by atoms with E-state index in [-0.39, 0.29) is 17.7 Å². The normalized spacial score (nSPS) is 14.0. The molecule has 0 aliphatic carbocycles. The molecule has 120 valence electrons. The number of rotatable bonds is 6. The lowest BCUT2D eigenvalue weighted by Crippen LogP contribution is -2.51. The van der Waals surface area contributed by atoms with Crippen LogP contribution in [0.4, 0.5) is 4.79 Å². The molecule has 0 saturated carbocycles. The minimum atomic E-state index is -0.475. The zero-order valence-electron chi connectivity index (χ0n) is 14.4. The fraction of sp³-hybridized carbons (Fsp3) is 0.933. The van der Waals surface area contributed by atoms with E-state index in [1.165, 1.54) is 0 Å². The first kappa shape index (κ1) is 19.2. The number of carbonyl (C=O) groups excluding carboxylic acids is 1. The van der Waals surface area contributed by atoms with Crippen LogP contribution in [-0.4, -0.2) is 55.0 Å². The molecule has 0 aliphatic heterocycles. The summed E-state index contributed by atoms with van der Waals surface area (Å²) in [6.07, 6.45) is -0.272. The number of nitrogens with one attached hydrogen (secondary N) is 1. The van der Waals surface area contributed by atoms with Crippen LogP contribution in [0.15, 0.2) is 0 Å². The largest absolute Gasteiger partial charge is 0.444 e. The first-order valence-corrected chi connectivity index (χ1v) is 7.20. The number of methoxy groups -OCH3 is 1. The van der Waals surface area contributed by atoms with E-state index in [2.05, 4.69) is 12.2 Å². The summed E-state index contributed by atoms with van der Waals surface area (Å²) in [4.78, 5) is 14.0. The van der Waals surface area contributed by atoms with Crippen molar-refractivity contribution < 1.29 is 14.3 Å². The highest BCUT2D eigenvalue weighted by Gasteiger charge is 2.30. The number of hydrogen-bond donors (Lipinski definition) is 1. The minimum absolute atomic E-state index is 0.264. The molecule has 0 spiro atoms. The van der Waals surface area contributed by atoms with Gasteiger partial charge in [-0.05, 0) is 48.5 Å². The molecular formula is C15H32N2O3. The Morgan fingerprint density at radius 1 is 1.20 bits per heavy atom. The van der Waals surface area contributed by atoms with Crippen molar-refractivity contribution in [2.45, 2.75) is 65.6 Å². The molecule has 0 fully saturated rings. The Morgan fingerprint density at radius 2 is 1.75 bits per heavy atom. The van der Waals surface area contributed by atoms with Crippen LogP contribution >= 0.6 is 0 Å². The molecule has 20 heavy (non-hydrogen) atoms. The average Bonchev–Trinajstić information content (AvgIpc) is 2.20. The van der Waals surface area contributed by atoms with Crippen LogP contribution in [0.5, 0.6) is 0 Å². The van der Waals surface area contributed by atoms with Gasteiger partial charge < -0.3 is 19.7 Å². The quantitative estimate of drug-likeness (QED) is 0.816. The van der Waals surface area contributed by atoms with Gasteiger partial charge in [-0.3, -0.25) is 0 Å². The van der Waals surface area contributed by atoms with E-state index < -0.39 is 5.60 Å². The summed E-state index contributed by atoms with van der Waals surface area (Å²) in [6.45, 7) is 15.7. The molecule has 0 radical (unpaired) electrons. The summed E-state index contributed by atoms with van der Waals surface area (Å²) in [7, 11) is 1.68. The summed E-state index contributed by atoms with van der Waals surface area (Å²) in [5, 5.41) is 3.33. The first-order chi connectivity index (χ1) is 8.97. The lowest BCUT2D eigenvalue weighted by atomic mass is 10.1. The number of carbonyl (C=O) groups is 1. The topological polar surface area (TPSA) is 50.8 Å². The summed E-state index contributed by atoms with van der Waals surface area (Å²) in [5.74, 6) is 0. The molecule has 1 N–H and O–H groups in total. The molecule has 0 aliphatic rings. The zero-order valence-corrected chi connectivity index (χ0v) is 14.4. The predicted molar refractivity (Wildman–Crippen MR) is 82.0 cm³/mol. The molecule has 1 atom stereocenters. The van der Waals surface area contributed by atoms with E-state index in [1.807, 2.05) is 41.5 Å². The molecule has 0 saturated heterocycles. The molecule has 0 rings (SSSR count). The monoisotopic (exact) mass is 288 g/mol. The third-order valence-corrected chi connectivity index (χ3v) is 2.67. The molecule has 1 unspecified atom stereocenters. The maximum atomic E-state index is 12.3. The van der Waals surface area contributed by atoms with Crippen LogP contribution in [0.2, 0.25) is 0 Å². The number of hydrogen-bond acceptors (Lipinski definition) is 4. The van der Waals surface area contributed by atoms with Crippen molar-refractivity contribution in [2.75, 3.05) is 26.8 Å². The summed E-state index contributed by atoms with van der Waals surface area (Å²) < 4.78 is 10.5. The second-order valence-electron chi connectivity index (χ2n) is 7.11. The van der Waals surface area contributed by atoms with Crippen molar-refractivity contribution in [2.24, 2.45) is 0 Å². The van der Waals surface area contributed by atoms with Gasteiger partial charge in [0.25, 0.3) is 0 Å². The van der Waals surface area contributed by atoms with Crippen molar-refractivity contribution in [3.05, 3.63) is 0 Å². The van der Waals surface area contributed by atoms with Crippen molar-refractivity contribution in [3.63, 3.8) is 0 Å². The summed E-state index contributed by atoms with van der Waals surface area (Å²) in [5.41, 5.74) is -0.744. The van der Waals surface area contributed by atoms with Gasteiger partial charge in [0.2, 0.25) is 0 Å². The van der Waals surface area contributed by atoms with E-state index in [0.717, 1.165) is 0 Å². The van der Waals surface area contributed by atoms with Crippen molar-refractivity contribution in [1.29, 1.82) is 0 Å². The highest BCUT2D eigenvalue weighted by Crippen LogP contribution is 2.17. The van der Waals surface area contributed by atoms with Crippen LogP contribution in [-0.2, 0) is 9.47 Å². The van der Waals surface area contributed by atoms with E-state index in [9.17, 15) is 4.79 Å². The molecule has 5 nitrogen and oxygen atoms in total. The fourth-order valence-electron chi connectivity index (χ4n) is 1.75. The van der Waals surface area contributed by atoms with Crippen molar-refractivity contribution in [3.8, 4) is 0 Å². The van der Waals surface area contributed by atoms with E-state index in [4.69, 9.17) is 9.47 Å². The minimum Gasteiger partial charge on any atom is -0.444 e. The fourth-order valence-corrected chi connectivity index (χ4v) is 1.75. The second kappa shape index (κ2) is 7.84. The number of ether oxygens (including phenoxy) is 2. The standard InChI is InChI=1S/C15H32N2O3/c1-12(11-19-8)16-9-10-17(14(2,3)4)13(18)20-15(5,6)7/h12,16H,9-11H2,1-8H3. The second-order valence-corrected chi connectivity index (χ2v) is 7.11. The van der Waals surface area contributed by atoms with E-state index in [0.29, 0.717) is 19.7 Å². The molecule has 1 amide bonds. The first-order valence-electron chi connectivity index (χ1n) is 7.20. The summed E-state index contributed by atoms with van der Waals surface area (Å²) in [6, 6.07) is 0.264. The van der Waals surface area contributed by atoms with Gasteiger partial charge in [0, 0.05) is 31.8 Å². The highest BCUT2D eigenvalue weighted by atomic mass is 16.6. The molecule has 0 aromatic carbocycles. The van der Waals surface area contributed by atoms with Crippen molar-refractivity contribution >= 4 is 6.09 Å². The highest BCUT2D eigenvalue weighted by molar-refractivity contribution is 5.69. The van der Waals surface area contributed by atoms with E-state index >= 15 is 0 Å². The smallest absolute Gasteiger partial charge is 0.410 e. The maximum absolute atomic E-state index is 12.3. The van der Waals surface area contributed by atoms with Gasteiger partial charge in [-0.15, -0.1) is 0 Å². The van der Waals surface area contributed by atoms with Crippen LogP contribution in [0.1, 0.15) is 48.5 Å². The van der Waals surface area contributed by atoms with E-state index in [1.54, 1.807) is 12.0 Å². The number of nitrogens with zero attached hydrogens (tertiary/aromatic N) is 1. The van der Waals surface area contributed by atoms with Gasteiger partial charge in [-0.25, -0.2) is 4.79 Å². The Balaban J connectivity index is 4.49. The molecule has 0 heterocycles. The Hall–Kier alpha value is -0.810. The van der Waals surface area contributed by atoms with Gasteiger partial charge in [0.05, 0.1) is 6.61 Å². The third-order valence-electron chi connectivity index (χ3n) is 2.67. The zero-order chi connectivity index (χ0) is 16.0. The van der Waals surface area contributed by atoms with Gasteiger partial charge in [0.1, 0.15) is 5.60 Å². The Labute approximate surface area is 124 Å². The molecular weight excluding hydrogens is 256 g/mol. The van der Waals surface area contributed by atoms with Gasteiger partial charge in [-0.2, -0.15) is 0 Å². The Kier molecular flexibility index (Phi) is 7.52. The van der Waals surface area contributed by atoms with Crippen molar-refractivity contribution in [1.82, 2.24) is 10.2 Å². The molecule has 5 heteroatoms. The maximum Gasteiger partial charge on any atom is 0.410 e. The van der Waals surface area contributed by atoms with Crippen LogP contribution < -0.4 is 5.32 Å². The average molecular weight is 288 g/mol. The van der Waals surface area contributed by atoms with Gasteiger partial charge in [-0.1, -0.05) is 0 Å². The predicted octanol–water partition coefficient (Wildman–Crippen LogP) is 2.65. The molecule has 0 aromatic heterocycles. The van der Waals surface area contributed by atoms with Crippen LogP contribution in [0.3, 0.4) is 0 Å². The van der Waals surface area contributed by atoms with Gasteiger partial charge in [0.15, 0.2) is 0 Å². The summed E-state index contributed by atoms with van der Waals surface area (Å²) >= 11 is 0. The van der Waals surface area contributed by atoms with Gasteiger partial charge >= 0.3 is 6.09 Å². The Bertz CT molecular complexity index is 292. The number of amides is 1. The SMILES string of the molecule is COCC(C)NCCN(C(=O)OC(C)(C)C)C(C)(C)C. The Morgan fingerprint density at radius 3 is 2.15 bits per heavy atom. The molecule has 0 aromatic rings. The lowest BCUT2D eigenvalue weighted by molar-refractivity contribution is 0.00633. The van der Waals surface area contributed by atoms with Crippen LogP contribution in [0, 0.1) is 0 Å². The molecule has 0 bridgehead atoms. The van der Waals surface area contributed by atoms with Crippen LogP contribution in [0.25, 0.3) is 0 Å².